The van der Waals surface area contributed by atoms with Gasteiger partial charge in [-0.3, -0.25) is 19.6 Å². The Balaban J connectivity index is 2.17. The molecular weight excluding hydrogens is 365 g/mol. The first-order valence-electron chi connectivity index (χ1n) is 5.08. The largest absolute Gasteiger partial charge is 0.305 e. The second kappa shape index (κ2) is 5.30. The van der Waals surface area contributed by atoms with Crippen molar-refractivity contribution >= 4 is 40.0 Å². The van der Waals surface area contributed by atoms with Crippen molar-refractivity contribution in [3.63, 3.8) is 0 Å². The quantitative estimate of drug-likeness (QED) is 0.500. The molecule has 0 fully saturated rings. The van der Waals surface area contributed by atoms with Crippen molar-refractivity contribution in [3.05, 3.63) is 43.9 Å². The summed E-state index contributed by atoms with van der Waals surface area (Å²) in [5, 5.41) is 17.0. The Labute approximate surface area is 121 Å². The SMILES string of the molecule is Cn1ncc(I)c1C(=O)Nc1ccc([N+](=O)[O-])cn1. The molecule has 2 rings (SSSR count). The zero-order valence-electron chi connectivity index (χ0n) is 9.70. The van der Waals surface area contributed by atoms with Gasteiger partial charge in [-0.1, -0.05) is 0 Å². The van der Waals surface area contributed by atoms with E-state index in [0.29, 0.717) is 9.26 Å². The first kappa shape index (κ1) is 13.4. The number of aryl methyl sites for hydroxylation is 1. The van der Waals surface area contributed by atoms with E-state index in [0.717, 1.165) is 6.20 Å². The van der Waals surface area contributed by atoms with Crippen molar-refractivity contribution in [2.24, 2.45) is 7.05 Å². The van der Waals surface area contributed by atoms with Gasteiger partial charge in [0.15, 0.2) is 0 Å². The number of carbonyl (C=O) groups is 1. The van der Waals surface area contributed by atoms with Gasteiger partial charge >= 0.3 is 0 Å². The summed E-state index contributed by atoms with van der Waals surface area (Å²) in [6.45, 7) is 0. The Bertz CT molecular complexity index is 618. The summed E-state index contributed by atoms with van der Waals surface area (Å²) in [5.41, 5.74) is 0.272. The molecule has 2 aromatic heterocycles. The molecule has 0 radical (unpaired) electrons. The van der Waals surface area contributed by atoms with Crippen LogP contribution in [0.25, 0.3) is 0 Å². The fourth-order valence-corrected chi connectivity index (χ4v) is 2.13. The molecule has 0 saturated heterocycles. The van der Waals surface area contributed by atoms with Crippen LogP contribution in [0.2, 0.25) is 0 Å². The lowest BCUT2D eigenvalue weighted by Gasteiger charge is -2.04. The van der Waals surface area contributed by atoms with Crippen molar-refractivity contribution in [1.82, 2.24) is 14.8 Å². The molecule has 0 aromatic carbocycles. The number of hydrogen-bond acceptors (Lipinski definition) is 5. The van der Waals surface area contributed by atoms with E-state index < -0.39 is 4.92 Å². The second-order valence-electron chi connectivity index (χ2n) is 3.58. The number of carbonyl (C=O) groups excluding carboxylic acids is 1. The lowest BCUT2D eigenvalue weighted by atomic mass is 10.3. The van der Waals surface area contributed by atoms with Crippen molar-refractivity contribution in [3.8, 4) is 0 Å². The van der Waals surface area contributed by atoms with Gasteiger partial charge < -0.3 is 5.32 Å². The minimum absolute atomic E-state index is 0.131. The van der Waals surface area contributed by atoms with E-state index >= 15 is 0 Å². The number of aromatic nitrogens is 3. The Morgan fingerprint density at radius 3 is 2.68 bits per heavy atom. The average Bonchev–Trinajstić information content (AvgIpc) is 2.69. The van der Waals surface area contributed by atoms with Crippen LogP contribution in [0.15, 0.2) is 24.5 Å². The lowest BCUT2D eigenvalue weighted by Crippen LogP contribution is -2.18. The van der Waals surface area contributed by atoms with Crippen LogP contribution in [0.1, 0.15) is 10.5 Å². The molecule has 0 atom stereocenters. The molecule has 9 heteroatoms. The van der Waals surface area contributed by atoms with Gasteiger partial charge in [-0.25, -0.2) is 4.98 Å². The van der Waals surface area contributed by atoms with E-state index in [1.807, 2.05) is 22.6 Å². The monoisotopic (exact) mass is 373 g/mol. The van der Waals surface area contributed by atoms with Crippen LogP contribution < -0.4 is 5.32 Å². The van der Waals surface area contributed by atoms with Crippen LogP contribution in [0, 0.1) is 13.7 Å². The molecule has 2 heterocycles. The molecular formula is C10H8IN5O3. The molecule has 0 bridgehead atoms. The van der Waals surface area contributed by atoms with Gasteiger partial charge in [-0.2, -0.15) is 5.10 Å². The summed E-state index contributed by atoms with van der Waals surface area (Å²) < 4.78 is 2.15. The summed E-state index contributed by atoms with van der Waals surface area (Å²) in [6, 6.07) is 2.65. The maximum absolute atomic E-state index is 12.0. The number of halogens is 1. The van der Waals surface area contributed by atoms with E-state index in [1.165, 1.54) is 16.8 Å². The number of rotatable bonds is 3. The Kier molecular flexibility index (Phi) is 3.74. The molecule has 8 nitrogen and oxygen atoms in total. The Morgan fingerprint density at radius 2 is 2.21 bits per heavy atom. The molecule has 0 aliphatic heterocycles. The van der Waals surface area contributed by atoms with Gasteiger partial charge in [-0.15, -0.1) is 0 Å². The minimum atomic E-state index is -0.553. The van der Waals surface area contributed by atoms with Crippen LogP contribution in [0.4, 0.5) is 11.5 Å². The van der Waals surface area contributed by atoms with Crippen molar-refractivity contribution < 1.29 is 9.72 Å². The van der Waals surface area contributed by atoms with Gasteiger partial charge in [-0.05, 0) is 28.7 Å². The highest BCUT2D eigenvalue weighted by molar-refractivity contribution is 14.1. The van der Waals surface area contributed by atoms with Crippen molar-refractivity contribution in [1.29, 1.82) is 0 Å². The first-order valence-corrected chi connectivity index (χ1v) is 6.16. The second-order valence-corrected chi connectivity index (χ2v) is 4.74. The van der Waals surface area contributed by atoms with Crippen LogP contribution in [-0.2, 0) is 7.05 Å². The van der Waals surface area contributed by atoms with Crippen LogP contribution in [0.3, 0.4) is 0 Å². The summed E-state index contributed by atoms with van der Waals surface area (Å²) in [7, 11) is 1.65. The summed E-state index contributed by atoms with van der Waals surface area (Å²) in [5.74, 6) is -0.127. The molecule has 1 amide bonds. The zero-order valence-corrected chi connectivity index (χ0v) is 11.9. The highest BCUT2D eigenvalue weighted by atomic mass is 127. The molecule has 0 spiro atoms. The van der Waals surface area contributed by atoms with Crippen LogP contribution in [0.5, 0.6) is 0 Å². The van der Waals surface area contributed by atoms with Crippen LogP contribution >= 0.6 is 22.6 Å². The summed E-state index contributed by atoms with van der Waals surface area (Å²) in [4.78, 5) is 25.7. The van der Waals surface area contributed by atoms with E-state index in [1.54, 1.807) is 13.2 Å². The summed E-state index contributed by atoms with van der Waals surface area (Å²) in [6.07, 6.45) is 2.66. The number of pyridine rings is 1. The third kappa shape index (κ3) is 2.86. The standard InChI is InChI=1S/C10H8IN5O3/c1-15-9(7(11)5-13-15)10(17)14-8-3-2-6(4-12-8)16(18)19/h2-5H,1H3,(H,12,14,17). The van der Waals surface area contributed by atoms with Gasteiger partial charge in [0.2, 0.25) is 0 Å². The number of hydrogen-bond donors (Lipinski definition) is 1. The van der Waals surface area contributed by atoms with Crippen LogP contribution in [-0.4, -0.2) is 25.6 Å². The highest BCUT2D eigenvalue weighted by Crippen LogP contribution is 2.15. The first-order chi connectivity index (χ1) is 8.99. The summed E-state index contributed by atoms with van der Waals surface area (Å²) >= 11 is 2.00. The molecule has 98 valence electrons. The molecule has 0 unspecified atom stereocenters. The molecule has 0 saturated carbocycles. The number of nitrogens with zero attached hydrogens (tertiary/aromatic N) is 4. The van der Waals surface area contributed by atoms with Gasteiger partial charge in [0, 0.05) is 13.1 Å². The molecule has 0 aliphatic rings. The van der Waals surface area contributed by atoms with Crippen molar-refractivity contribution in [2.75, 3.05) is 5.32 Å². The zero-order chi connectivity index (χ0) is 14.0. The maximum atomic E-state index is 12.0. The molecule has 1 N–H and O–H groups in total. The van der Waals surface area contributed by atoms with Gasteiger partial charge in [0.1, 0.15) is 17.7 Å². The van der Waals surface area contributed by atoms with E-state index in [4.69, 9.17) is 0 Å². The minimum Gasteiger partial charge on any atom is -0.305 e. The fourth-order valence-electron chi connectivity index (χ4n) is 1.41. The van der Waals surface area contributed by atoms with Crippen molar-refractivity contribution in [2.45, 2.75) is 0 Å². The molecule has 19 heavy (non-hydrogen) atoms. The van der Waals surface area contributed by atoms with Gasteiger partial charge in [0.05, 0.1) is 14.7 Å². The number of nitro groups is 1. The Hall–Kier alpha value is -2.04. The predicted octanol–water partition coefficient (Wildman–Crippen LogP) is 1.58. The average molecular weight is 373 g/mol. The molecule has 2 aromatic rings. The number of nitrogens with one attached hydrogen (secondary N) is 1. The Morgan fingerprint density at radius 1 is 1.47 bits per heavy atom. The highest BCUT2D eigenvalue weighted by Gasteiger charge is 2.16. The third-order valence-electron chi connectivity index (χ3n) is 2.31. The van der Waals surface area contributed by atoms with E-state index in [9.17, 15) is 14.9 Å². The topological polar surface area (TPSA) is 103 Å². The predicted molar refractivity (Wildman–Crippen MR) is 74.8 cm³/mol. The fraction of sp³-hybridized carbons (Fsp3) is 0.100. The number of anilines is 1. The van der Waals surface area contributed by atoms with E-state index in [2.05, 4.69) is 15.4 Å². The number of amides is 1. The lowest BCUT2D eigenvalue weighted by molar-refractivity contribution is -0.385. The smallest absolute Gasteiger partial charge is 0.287 e. The molecule has 0 aliphatic carbocycles. The normalized spacial score (nSPS) is 10.2. The van der Waals surface area contributed by atoms with E-state index in [-0.39, 0.29) is 17.4 Å². The maximum Gasteiger partial charge on any atom is 0.287 e. The van der Waals surface area contributed by atoms with Gasteiger partial charge in [0.25, 0.3) is 11.6 Å². The third-order valence-corrected chi connectivity index (χ3v) is 3.10.